The van der Waals surface area contributed by atoms with Gasteiger partial charge >= 0.3 is 6.18 Å². The molecule has 1 saturated heterocycles. The van der Waals surface area contributed by atoms with Crippen LogP contribution in [0, 0.1) is 13.8 Å². The summed E-state index contributed by atoms with van der Waals surface area (Å²) in [6.07, 6.45) is -2.81. The van der Waals surface area contributed by atoms with E-state index in [1.165, 1.54) is 6.07 Å². The topological polar surface area (TPSA) is 63.6 Å². The van der Waals surface area contributed by atoms with Gasteiger partial charge in [-0.3, -0.25) is 0 Å². The monoisotopic (exact) mass is 482 g/mol. The zero-order valence-electron chi connectivity index (χ0n) is 19.1. The fourth-order valence-electron chi connectivity index (χ4n) is 5.11. The van der Waals surface area contributed by atoms with Crippen molar-refractivity contribution in [3.8, 4) is 16.9 Å². The lowest BCUT2D eigenvalue weighted by atomic mass is 9.86. The molecule has 0 unspecified atom stereocenters. The molecule has 0 bridgehead atoms. The number of rotatable bonds is 4. The Balaban J connectivity index is 1.68. The summed E-state index contributed by atoms with van der Waals surface area (Å²) in [5, 5.41) is 10.7. The first-order valence-corrected chi connectivity index (χ1v) is 13.0. The minimum atomic E-state index is -4.46. The van der Waals surface area contributed by atoms with Gasteiger partial charge in [-0.1, -0.05) is 13.0 Å². The van der Waals surface area contributed by atoms with E-state index >= 15 is 0 Å². The average Bonchev–Trinajstić information content (AvgIpc) is 3.09. The van der Waals surface area contributed by atoms with E-state index in [4.69, 9.17) is 4.74 Å². The molecule has 8 heteroatoms. The molecule has 1 heterocycles. The molecule has 2 aromatic rings. The van der Waals surface area contributed by atoms with Crippen molar-refractivity contribution < 1.29 is 31.4 Å². The van der Waals surface area contributed by atoms with Crippen molar-refractivity contribution in [2.75, 3.05) is 18.1 Å². The summed E-state index contributed by atoms with van der Waals surface area (Å²) in [7, 11) is -3.12. The third-order valence-corrected chi connectivity index (χ3v) is 8.69. The molecule has 4 nitrogen and oxygen atoms in total. The summed E-state index contributed by atoms with van der Waals surface area (Å²) >= 11 is 0. The summed E-state index contributed by atoms with van der Waals surface area (Å²) in [5.41, 5.74) is 2.08. The van der Waals surface area contributed by atoms with Crippen LogP contribution < -0.4 is 4.74 Å². The maximum absolute atomic E-state index is 14.0. The molecular weight excluding hydrogens is 453 g/mol. The minimum absolute atomic E-state index is 0.0627. The lowest BCUT2D eigenvalue weighted by Crippen LogP contribution is -2.43. The van der Waals surface area contributed by atoms with Gasteiger partial charge in [0.05, 0.1) is 17.1 Å². The minimum Gasteiger partial charge on any atom is -0.491 e. The molecule has 1 fully saturated rings. The van der Waals surface area contributed by atoms with E-state index in [-0.39, 0.29) is 42.4 Å². The standard InChI is InChI=1S/C25H29F3O4S/c1-15-4-5-20-19(15)6-7-21(25(26,27)28)23(20)22-16(2)12-18(13-17(22)3)32-14-24(29)8-10-33(30,31)11-9-24/h6-7,12-13,15,29H,4-5,8-11,14H2,1-3H3/t15-/m1/s1. The van der Waals surface area contributed by atoms with Crippen LogP contribution in [0.5, 0.6) is 5.75 Å². The van der Waals surface area contributed by atoms with Gasteiger partial charge in [-0.25, -0.2) is 8.42 Å². The first-order chi connectivity index (χ1) is 15.3. The van der Waals surface area contributed by atoms with E-state index in [9.17, 15) is 26.7 Å². The molecule has 1 N–H and O–H groups in total. The second-order valence-electron chi connectivity index (χ2n) is 9.59. The number of benzene rings is 2. The van der Waals surface area contributed by atoms with Crippen LogP contribution in [0.1, 0.15) is 59.9 Å². The molecule has 2 aromatic carbocycles. The van der Waals surface area contributed by atoms with Gasteiger partial charge in [0.2, 0.25) is 0 Å². The molecule has 0 radical (unpaired) electrons. The third kappa shape index (κ3) is 4.78. The third-order valence-electron chi connectivity index (χ3n) is 7.03. The van der Waals surface area contributed by atoms with Crippen LogP contribution in [-0.4, -0.2) is 37.2 Å². The zero-order valence-corrected chi connectivity index (χ0v) is 19.9. The molecule has 180 valence electrons. The highest BCUT2D eigenvalue weighted by molar-refractivity contribution is 7.91. The second-order valence-corrected chi connectivity index (χ2v) is 11.9. The molecule has 1 aliphatic heterocycles. The molecule has 33 heavy (non-hydrogen) atoms. The van der Waals surface area contributed by atoms with Crippen LogP contribution in [0.2, 0.25) is 0 Å². The lowest BCUT2D eigenvalue weighted by Gasteiger charge is -2.31. The second kappa shape index (κ2) is 8.31. The number of ether oxygens (including phenoxy) is 1. The molecule has 2 aliphatic rings. The molecule has 0 aromatic heterocycles. The highest BCUT2D eigenvalue weighted by Gasteiger charge is 2.38. The Kier molecular flexibility index (Phi) is 6.06. The van der Waals surface area contributed by atoms with Crippen molar-refractivity contribution in [1.29, 1.82) is 0 Å². The average molecular weight is 483 g/mol. The van der Waals surface area contributed by atoms with E-state index in [2.05, 4.69) is 0 Å². The van der Waals surface area contributed by atoms with Crippen molar-refractivity contribution in [2.24, 2.45) is 0 Å². The van der Waals surface area contributed by atoms with E-state index in [0.29, 0.717) is 28.9 Å². The highest BCUT2D eigenvalue weighted by atomic mass is 32.2. The van der Waals surface area contributed by atoms with Crippen LogP contribution in [-0.2, 0) is 22.4 Å². The van der Waals surface area contributed by atoms with E-state index in [1.807, 2.05) is 6.92 Å². The van der Waals surface area contributed by atoms with Crippen molar-refractivity contribution in [2.45, 2.75) is 64.1 Å². The number of aryl methyl sites for hydroxylation is 2. The summed E-state index contributed by atoms with van der Waals surface area (Å²) in [6, 6.07) is 6.21. The van der Waals surface area contributed by atoms with Crippen LogP contribution in [0.3, 0.4) is 0 Å². The Morgan fingerprint density at radius 2 is 1.70 bits per heavy atom. The zero-order chi connectivity index (χ0) is 24.2. The van der Waals surface area contributed by atoms with Gasteiger partial charge in [0.25, 0.3) is 0 Å². The van der Waals surface area contributed by atoms with Crippen LogP contribution in [0.25, 0.3) is 11.1 Å². The predicted octanol–water partition coefficient (Wildman–Crippen LogP) is 5.36. The van der Waals surface area contributed by atoms with Crippen molar-refractivity contribution in [1.82, 2.24) is 0 Å². The van der Waals surface area contributed by atoms with E-state index in [0.717, 1.165) is 17.5 Å². The maximum atomic E-state index is 14.0. The van der Waals surface area contributed by atoms with Gasteiger partial charge in [0.1, 0.15) is 18.0 Å². The number of halogens is 3. The van der Waals surface area contributed by atoms with E-state index < -0.39 is 27.2 Å². The summed E-state index contributed by atoms with van der Waals surface area (Å²) < 4.78 is 71.0. The fraction of sp³-hybridized carbons (Fsp3) is 0.520. The lowest BCUT2D eigenvalue weighted by molar-refractivity contribution is -0.137. The molecular formula is C25H29F3O4S. The Labute approximate surface area is 192 Å². The first kappa shape index (κ1) is 24.1. The molecule has 0 saturated carbocycles. The number of aliphatic hydroxyl groups is 1. The van der Waals surface area contributed by atoms with Crippen molar-refractivity contribution >= 4 is 9.84 Å². The van der Waals surface area contributed by atoms with Crippen LogP contribution >= 0.6 is 0 Å². The largest absolute Gasteiger partial charge is 0.491 e. The van der Waals surface area contributed by atoms with E-state index in [1.54, 1.807) is 32.0 Å². The number of sulfone groups is 1. The van der Waals surface area contributed by atoms with Crippen molar-refractivity contribution in [3.63, 3.8) is 0 Å². The summed E-state index contributed by atoms with van der Waals surface area (Å²) in [5.74, 6) is 0.512. The van der Waals surface area contributed by atoms with Crippen LogP contribution in [0.4, 0.5) is 13.2 Å². The first-order valence-electron chi connectivity index (χ1n) is 11.2. The summed E-state index contributed by atoms with van der Waals surface area (Å²) in [6.45, 7) is 5.53. The Morgan fingerprint density at radius 3 is 2.27 bits per heavy atom. The Morgan fingerprint density at radius 1 is 1.09 bits per heavy atom. The van der Waals surface area contributed by atoms with Gasteiger partial charge in [-0.15, -0.1) is 0 Å². The van der Waals surface area contributed by atoms with Crippen LogP contribution in [0.15, 0.2) is 24.3 Å². The fourth-order valence-corrected chi connectivity index (χ4v) is 6.70. The Hall–Kier alpha value is -2.06. The number of fused-ring (bicyclic) bond motifs is 1. The SMILES string of the molecule is Cc1cc(OCC2(O)CCS(=O)(=O)CC2)cc(C)c1-c1c(C(F)(F)F)ccc2c1CC[C@H]2C. The predicted molar refractivity (Wildman–Crippen MR) is 121 cm³/mol. The number of hydrogen-bond donors (Lipinski definition) is 1. The van der Waals surface area contributed by atoms with Gasteiger partial charge in [0, 0.05) is 0 Å². The highest BCUT2D eigenvalue weighted by Crippen LogP contribution is 2.47. The van der Waals surface area contributed by atoms with Gasteiger partial charge in [0.15, 0.2) is 9.84 Å². The van der Waals surface area contributed by atoms with Gasteiger partial charge in [-0.05, 0) is 97.0 Å². The normalized spacial score (nSPS) is 21.6. The number of alkyl halides is 3. The summed E-state index contributed by atoms with van der Waals surface area (Å²) in [4.78, 5) is 0. The maximum Gasteiger partial charge on any atom is 0.417 e. The van der Waals surface area contributed by atoms with Crippen molar-refractivity contribution in [3.05, 3.63) is 52.1 Å². The molecule has 1 atom stereocenters. The van der Waals surface area contributed by atoms with Gasteiger partial charge < -0.3 is 9.84 Å². The number of hydrogen-bond acceptors (Lipinski definition) is 4. The molecule has 4 rings (SSSR count). The molecule has 1 aliphatic carbocycles. The Bertz CT molecular complexity index is 1150. The smallest absolute Gasteiger partial charge is 0.417 e. The quantitative estimate of drug-likeness (QED) is 0.638. The molecule has 0 amide bonds. The van der Waals surface area contributed by atoms with Gasteiger partial charge in [-0.2, -0.15) is 13.2 Å². The molecule has 0 spiro atoms.